The zero-order valence-electron chi connectivity index (χ0n) is 46.4. The van der Waals surface area contributed by atoms with Gasteiger partial charge >= 0.3 is 0 Å². The lowest BCUT2D eigenvalue weighted by Gasteiger charge is -2.42. The number of aromatic nitrogens is 2. The molecular formula is C68H70BN3O2. The predicted molar refractivity (Wildman–Crippen MR) is 316 cm³/mol. The molecule has 0 spiro atoms. The van der Waals surface area contributed by atoms with E-state index in [1.54, 1.807) is 14.2 Å². The van der Waals surface area contributed by atoms with E-state index in [2.05, 4.69) is 220 Å². The number of hydrogen-bond acceptors (Lipinski definition) is 3. The molecule has 0 fully saturated rings. The van der Waals surface area contributed by atoms with Gasteiger partial charge in [0.05, 0.1) is 42.1 Å². The van der Waals surface area contributed by atoms with E-state index < -0.39 is 0 Å². The highest BCUT2D eigenvalue weighted by Crippen LogP contribution is 2.47. The summed E-state index contributed by atoms with van der Waals surface area (Å²) in [7, 11) is 3.44. The fourth-order valence-corrected chi connectivity index (χ4v) is 12.8. The van der Waals surface area contributed by atoms with Gasteiger partial charge in [0.2, 0.25) is 6.71 Å². The lowest BCUT2D eigenvalue weighted by Crippen LogP contribution is -2.63. The summed E-state index contributed by atoms with van der Waals surface area (Å²) in [5.74, 6) is 1.64. The van der Waals surface area contributed by atoms with Crippen LogP contribution in [-0.2, 0) is 21.7 Å². The number of methoxy groups -OCH3 is 2. The topological polar surface area (TPSA) is 31.6 Å². The minimum absolute atomic E-state index is 0.0195. The first kappa shape index (κ1) is 47.8. The second-order valence-electron chi connectivity index (χ2n) is 25.2. The predicted octanol–water partition coefficient (Wildman–Crippen LogP) is 15.7. The lowest BCUT2D eigenvalue weighted by molar-refractivity contribution is 0.415. The summed E-state index contributed by atoms with van der Waals surface area (Å²) in [5, 5.41) is 5.26. The van der Waals surface area contributed by atoms with Crippen LogP contribution in [0.2, 0.25) is 0 Å². The molecule has 0 amide bonds. The van der Waals surface area contributed by atoms with Crippen LogP contribution in [0.25, 0.3) is 55.0 Å². The first-order valence-corrected chi connectivity index (χ1v) is 26.6. The normalized spacial score (nSPS) is 14.0. The Kier molecular flexibility index (Phi) is 10.4. The van der Waals surface area contributed by atoms with Crippen molar-refractivity contribution in [1.82, 2.24) is 9.13 Å². The number of aryl methyl sites for hydroxylation is 2. The smallest absolute Gasteiger partial charge is 0.247 e. The third-order valence-corrected chi connectivity index (χ3v) is 17.0. The second kappa shape index (κ2) is 16.2. The van der Waals surface area contributed by atoms with Crippen molar-refractivity contribution in [2.75, 3.05) is 19.1 Å². The maximum absolute atomic E-state index is 5.65. The number of anilines is 3. The van der Waals surface area contributed by atoms with Crippen molar-refractivity contribution in [2.45, 2.75) is 119 Å². The molecule has 4 heterocycles. The van der Waals surface area contributed by atoms with Gasteiger partial charge in [-0.15, -0.1) is 0 Å². The summed E-state index contributed by atoms with van der Waals surface area (Å²) >= 11 is 0. The van der Waals surface area contributed by atoms with Gasteiger partial charge < -0.3 is 23.5 Å². The number of rotatable bonds is 6. The van der Waals surface area contributed by atoms with E-state index >= 15 is 0 Å². The average Bonchev–Trinajstić information content (AvgIpc) is 3.86. The fraction of sp³-hybridized carbons (Fsp3) is 0.294. The van der Waals surface area contributed by atoms with E-state index in [1.165, 1.54) is 116 Å². The highest BCUT2D eigenvalue weighted by atomic mass is 16.5. The molecule has 2 aromatic heterocycles. The van der Waals surface area contributed by atoms with E-state index in [0.717, 1.165) is 28.6 Å². The van der Waals surface area contributed by atoms with E-state index in [4.69, 9.17) is 9.47 Å². The van der Waals surface area contributed by atoms with Crippen LogP contribution < -0.4 is 30.8 Å². The van der Waals surface area contributed by atoms with E-state index in [1.807, 2.05) is 24.3 Å². The van der Waals surface area contributed by atoms with Crippen molar-refractivity contribution in [3.05, 3.63) is 178 Å². The summed E-state index contributed by atoms with van der Waals surface area (Å²) in [6, 6.07) is 51.2. The van der Waals surface area contributed by atoms with Crippen LogP contribution in [-0.4, -0.2) is 30.1 Å². The monoisotopic (exact) mass is 972 g/mol. The molecule has 2 aliphatic rings. The molecule has 10 aromatic rings. The van der Waals surface area contributed by atoms with Crippen molar-refractivity contribution in [3.63, 3.8) is 0 Å². The van der Waals surface area contributed by atoms with Gasteiger partial charge in [0.1, 0.15) is 11.5 Å². The molecule has 0 saturated carbocycles. The number of nitrogens with zero attached hydrogens (tertiary/aromatic N) is 3. The quantitative estimate of drug-likeness (QED) is 0.156. The highest BCUT2D eigenvalue weighted by Gasteiger charge is 2.46. The van der Waals surface area contributed by atoms with Gasteiger partial charge in [0.25, 0.3) is 0 Å². The Morgan fingerprint density at radius 3 is 1.57 bits per heavy atom. The molecule has 0 atom stereocenters. The van der Waals surface area contributed by atoms with Crippen molar-refractivity contribution in [1.29, 1.82) is 0 Å². The standard InChI is InChI=1S/C68H70BN3O2/c1-39-31-54-62-61(32-39)72-59-30-19-43(66(7,8)9)34-50(59)52-35-44(67(10,11)12)36-56(64(52)72)69(62)55-37-51-49-33-42(65(4,5)6)18-29-58(49)71(60(51)38-53(55)68(54,13)14)63-40(2)17-28-57(41(63)3)70(45-20-24-47(73-15)25-21-45)46-22-26-48(74-16)27-23-46/h17-38H,1-16H3. The second-order valence-corrected chi connectivity index (χ2v) is 25.2. The van der Waals surface area contributed by atoms with Crippen LogP contribution in [0, 0.1) is 20.8 Å². The molecule has 0 bridgehead atoms. The zero-order valence-corrected chi connectivity index (χ0v) is 46.4. The van der Waals surface area contributed by atoms with E-state index in [9.17, 15) is 0 Å². The zero-order chi connectivity index (χ0) is 52.3. The van der Waals surface area contributed by atoms with Gasteiger partial charge in [-0.25, -0.2) is 0 Å². The van der Waals surface area contributed by atoms with Crippen molar-refractivity contribution < 1.29 is 9.47 Å². The SMILES string of the molecule is COc1ccc(N(c2ccc(OC)cc2)c2ccc(C)c(-n3c4ccc(C(C)(C)C)cc4c4cc5c(cc43)C(C)(C)c3cc(C)cc4c3B5c3cc(C(C)(C)C)cc5c6cc(C(C)(C)C)ccc6n-4c35)c2C)cc1. The van der Waals surface area contributed by atoms with Crippen LogP contribution in [0.3, 0.4) is 0 Å². The maximum atomic E-state index is 5.65. The molecule has 8 aromatic carbocycles. The Hall–Kier alpha value is -7.18. The minimum atomic E-state index is -0.319. The van der Waals surface area contributed by atoms with Gasteiger partial charge in [-0.05, 0) is 190 Å². The molecule has 0 aliphatic carbocycles. The molecule has 12 rings (SSSR count). The molecule has 0 N–H and O–H groups in total. The third kappa shape index (κ3) is 7.03. The van der Waals surface area contributed by atoms with Gasteiger partial charge in [-0.3, -0.25) is 0 Å². The van der Waals surface area contributed by atoms with Crippen LogP contribution in [0.1, 0.15) is 121 Å². The number of ether oxygens (including phenoxy) is 2. The lowest BCUT2D eigenvalue weighted by atomic mass is 9.30. The molecule has 0 saturated heterocycles. The molecule has 5 nitrogen and oxygen atoms in total. The fourth-order valence-electron chi connectivity index (χ4n) is 12.8. The average molecular weight is 972 g/mol. The van der Waals surface area contributed by atoms with E-state index in [0.29, 0.717) is 0 Å². The van der Waals surface area contributed by atoms with E-state index in [-0.39, 0.29) is 28.4 Å². The molecular weight excluding hydrogens is 902 g/mol. The Bertz CT molecular complexity index is 3930. The summed E-state index contributed by atoms with van der Waals surface area (Å²) in [4.78, 5) is 2.36. The van der Waals surface area contributed by atoms with Crippen LogP contribution in [0.4, 0.5) is 17.1 Å². The van der Waals surface area contributed by atoms with Gasteiger partial charge in [-0.2, -0.15) is 0 Å². The molecule has 372 valence electrons. The van der Waals surface area contributed by atoms with Crippen LogP contribution >= 0.6 is 0 Å². The van der Waals surface area contributed by atoms with Crippen molar-refractivity contribution in [3.8, 4) is 22.9 Å². The van der Waals surface area contributed by atoms with Gasteiger partial charge in [0.15, 0.2) is 0 Å². The maximum Gasteiger partial charge on any atom is 0.247 e. The summed E-state index contributed by atoms with van der Waals surface area (Å²) < 4.78 is 16.5. The van der Waals surface area contributed by atoms with Crippen molar-refractivity contribution in [2.24, 2.45) is 0 Å². The third-order valence-electron chi connectivity index (χ3n) is 17.0. The first-order valence-electron chi connectivity index (χ1n) is 26.6. The largest absolute Gasteiger partial charge is 0.497 e. The van der Waals surface area contributed by atoms with Gasteiger partial charge in [0, 0.05) is 49.5 Å². The summed E-state index contributed by atoms with van der Waals surface area (Å²) in [5.41, 5.74) is 25.2. The van der Waals surface area contributed by atoms with Crippen LogP contribution in [0.5, 0.6) is 11.5 Å². The first-order chi connectivity index (χ1) is 35.0. The number of fused-ring (bicyclic) bond motifs is 10. The molecule has 6 heteroatoms. The Morgan fingerprint density at radius 1 is 0.486 bits per heavy atom. The molecule has 0 unspecified atom stereocenters. The molecule has 0 radical (unpaired) electrons. The minimum Gasteiger partial charge on any atom is -0.497 e. The summed E-state index contributed by atoms with van der Waals surface area (Å²) in [6.45, 7) is 33.0. The molecule has 74 heavy (non-hydrogen) atoms. The van der Waals surface area contributed by atoms with Crippen molar-refractivity contribution >= 4 is 83.8 Å². The number of benzene rings is 8. The Morgan fingerprint density at radius 2 is 1.01 bits per heavy atom. The van der Waals surface area contributed by atoms with Gasteiger partial charge in [-0.1, -0.05) is 118 Å². The number of hydrogen-bond donors (Lipinski definition) is 0. The Labute approximate surface area is 438 Å². The summed E-state index contributed by atoms with van der Waals surface area (Å²) in [6.07, 6.45) is 0. The Balaban J connectivity index is 1.18. The molecule has 2 aliphatic heterocycles. The highest BCUT2D eigenvalue weighted by molar-refractivity contribution is 6.99. The van der Waals surface area contributed by atoms with Crippen LogP contribution in [0.15, 0.2) is 133 Å².